The average molecular weight is 468 g/mol. The lowest BCUT2D eigenvalue weighted by Gasteiger charge is -2.18. The van der Waals surface area contributed by atoms with Crippen LogP contribution in [0.15, 0.2) is 65.7 Å². The van der Waals surface area contributed by atoms with Crippen molar-refractivity contribution in [3.8, 4) is 0 Å². The Hall–Kier alpha value is -3.59. The van der Waals surface area contributed by atoms with Crippen LogP contribution >= 0.6 is 11.8 Å². The summed E-state index contributed by atoms with van der Waals surface area (Å²) in [4.78, 5) is 50.8. The van der Waals surface area contributed by atoms with Gasteiger partial charge in [-0.1, -0.05) is 54.2 Å². The topological polar surface area (TPSA) is 105 Å². The van der Waals surface area contributed by atoms with Gasteiger partial charge in [-0.05, 0) is 31.5 Å². The quantitative estimate of drug-likeness (QED) is 0.457. The van der Waals surface area contributed by atoms with Gasteiger partial charge in [0.2, 0.25) is 11.8 Å². The Labute approximate surface area is 196 Å². The largest absolute Gasteiger partial charge is 0.463 e. The molecule has 1 fully saturated rings. The zero-order chi connectivity index (χ0) is 23.8. The molecule has 8 nitrogen and oxygen atoms in total. The number of nitrogens with one attached hydrogen (secondary N) is 2. The van der Waals surface area contributed by atoms with Gasteiger partial charge in [0.1, 0.15) is 6.54 Å². The molecule has 0 bridgehead atoms. The maximum absolute atomic E-state index is 12.9. The van der Waals surface area contributed by atoms with Crippen LogP contribution in [0.2, 0.25) is 0 Å². The third kappa shape index (κ3) is 6.45. The van der Waals surface area contributed by atoms with E-state index in [1.54, 1.807) is 31.2 Å². The first-order valence-corrected chi connectivity index (χ1v) is 11.4. The summed E-state index contributed by atoms with van der Waals surface area (Å²) in [6, 6.07) is 16.0. The minimum Gasteiger partial charge on any atom is -0.463 e. The number of benzene rings is 2. The van der Waals surface area contributed by atoms with Crippen molar-refractivity contribution in [2.24, 2.45) is 0 Å². The maximum Gasteiger partial charge on any atom is 0.333 e. The molecule has 2 N–H and O–H groups in total. The van der Waals surface area contributed by atoms with Crippen molar-refractivity contribution in [2.75, 3.05) is 24.2 Å². The maximum atomic E-state index is 12.9. The number of hydrogen-bond acceptors (Lipinski definition) is 6. The van der Waals surface area contributed by atoms with Crippen LogP contribution in [-0.4, -0.2) is 47.5 Å². The van der Waals surface area contributed by atoms with Gasteiger partial charge in [-0.3, -0.25) is 19.3 Å². The molecule has 0 spiro atoms. The van der Waals surface area contributed by atoms with Crippen molar-refractivity contribution in [3.63, 3.8) is 0 Å². The van der Waals surface area contributed by atoms with Crippen LogP contribution in [0.4, 0.5) is 5.69 Å². The number of esters is 1. The van der Waals surface area contributed by atoms with E-state index in [1.807, 2.05) is 37.3 Å². The molecule has 3 amide bonds. The third-order valence-corrected chi connectivity index (χ3v) is 5.86. The minimum absolute atomic E-state index is 0.134. The van der Waals surface area contributed by atoms with Crippen LogP contribution in [0.25, 0.3) is 0 Å². The zero-order valence-corrected chi connectivity index (χ0v) is 19.2. The number of anilines is 1. The third-order valence-electron chi connectivity index (χ3n) is 4.83. The lowest BCUT2D eigenvalue weighted by Crippen LogP contribution is -2.34. The predicted octanol–water partition coefficient (Wildman–Crippen LogP) is 3.10. The Bertz CT molecular complexity index is 1070. The lowest BCUT2D eigenvalue weighted by molar-refractivity contribution is -0.137. The van der Waals surface area contributed by atoms with Crippen molar-refractivity contribution in [1.82, 2.24) is 10.2 Å². The van der Waals surface area contributed by atoms with E-state index in [1.165, 1.54) is 22.7 Å². The number of hydrogen-bond donors (Lipinski definition) is 2. The summed E-state index contributed by atoms with van der Waals surface area (Å²) in [7, 11) is 0. The van der Waals surface area contributed by atoms with Crippen LogP contribution in [0.1, 0.15) is 35.8 Å². The highest BCUT2D eigenvalue weighted by atomic mass is 32.2. The number of para-hydroxylation sites is 1. The van der Waals surface area contributed by atoms with E-state index in [-0.39, 0.29) is 36.8 Å². The number of ether oxygens (including phenoxy) is 1. The van der Waals surface area contributed by atoms with Crippen molar-refractivity contribution in [1.29, 1.82) is 0 Å². The SMILES string of the molecule is CCOC(=O)C=C1SCC(=O)N1CC(=O)Nc1ccccc1C(=O)NC(C)c1ccccc1. The van der Waals surface area contributed by atoms with Crippen molar-refractivity contribution >= 4 is 41.1 Å². The molecule has 1 aliphatic rings. The van der Waals surface area contributed by atoms with Crippen LogP contribution in [0.3, 0.4) is 0 Å². The molecule has 1 saturated heterocycles. The number of amides is 3. The highest BCUT2D eigenvalue weighted by Crippen LogP contribution is 2.28. The van der Waals surface area contributed by atoms with Gasteiger partial charge in [0.05, 0.1) is 40.8 Å². The van der Waals surface area contributed by atoms with E-state index in [0.717, 1.165) is 5.56 Å². The average Bonchev–Trinajstić information content (AvgIpc) is 3.13. The van der Waals surface area contributed by atoms with E-state index < -0.39 is 11.9 Å². The molecule has 9 heteroatoms. The molecule has 0 aliphatic carbocycles. The molecule has 33 heavy (non-hydrogen) atoms. The van der Waals surface area contributed by atoms with E-state index in [4.69, 9.17) is 4.74 Å². The van der Waals surface area contributed by atoms with Gasteiger partial charge in [-0.25, -0.2) is 4.79 Å². The normalized spacial score (nSPS) is 15.3. The minimum atomic E-state index is -0.574. The van der Waals surface area contributed by atoms with Crippen LogP contribution < -0.4 is 10.6 Å². The summed E-state index contributed by atoms with van der Waals surface area (Å²) >= 11 is 1.17. The Morgan fingerprint density at radius 3 is 2.55 bits per heavy atom. The Balaban J connectivity index is 1.68. The molecule has 0 saturated carbocycles. The van der Waals surface area contributed by atoms with E-state index in [0.29, 0.717) is 16.3 Å². The Morgan fingerprint density at radius 1 is 1.12 bits per heavy atom. The fourth-order valence-corrected chi connectivity index (χ4v) is 4.14. The fraction of sp³-hybridized carbons (Fsp3) is 0.250. The summed E-state index contributed by atoms with van der Waals surface area (Å²) in [5.74, 6) is -1.55. The van der Waals surface area contributed by atoms with E-state index in [9.17, 15) is 19.2 Å². The number of carbonyl (C=O) groups excluding carboxylic acids is 4. The van der Waals surface area contributed by atoms with Gasteiger partial charge in [0.25, 0.3) is 5.91 Å². The second-order valence-corrected chi connectivity index (χ2v) is 8.20. The standard InChI is InChI=1S/C24H25N3O5S/c1-3-32-23(30)13-22-27(21(29)15-33-22)14-20(28)26-19-12-8-7-11-18(19)24(31)25-16(2)17-9-5-4-6-10-17/h4-13,16H,3,14-15H2,1-2H3,(H,25,31)(H,26,28). The van der Waals surface area contributed by atoms with Crippen LogP contribution in [0.5, 0.6) is 0 Å². The summed E-state index contributed by atoms with van der Waals surface area (Å²) in [6.45, 7) is 3.49. The Morgan fingerprint density at radius 2 is 1.82 bits per heavy atom. The monoisotopic (exact) mass is 467 g/mol. The summed E-state index contributed by atoms with van der Waals surface area (Å²) < 4.78 is 4.88. The van der Waals surface area contributed by atoms with Gasteiger partial charge in [0, 0.05) is 0 Å². The summed E-state index contributed by atoms with van der Waals surface area (Å²) in [5.41, 5.74) is 1.59. The van der Waals surface area contributed by atoms with Crippen molar-refractivity contribution in [2.45, 2.75) is 19.9 Å². The molecule has 1 aliphatic heterocycles. The first-order valence-electron chi connectivity index (χ1n) is 10.4. The van der Waals surface area contributed by atoms with E-state index in [2.05, 4.69) is 10.6 Å². The Kier molecular flexibility index (Phi) is 8.26. The van der Waals surface area contributed by atoms with Crippen molar-refractivity contribution in [3.05, 3.63) is 76.8 Å². The van der Waals surface area contributed by atoms with Crippen LogP contribution in [-0.2, 0) is 19.1 Å². The fourth-order valence-electron chi connectivity index (χ4n) is 3.21. The summed E-state index contributed by atoms with van der Waals surface area (Å²) in [5, 5.41) is 5.99. The molecular weight excluding hydrogens is 442 g/mol. The van der Waals surface area contributed by atoms with E-state index >= 15 is 0 Å². The molecular formula is C24H25N3O5S. The molecule has 3 rings (SSSR count). The molecule has 1 unspecified atom stereocenters. The van der Waals surface area contributed by atoms with Gasteiger partial charge in [-0.2, -0.15) is 0 Å². The van der Waals surface area contributed by atoms with Gasteiger partial charge >= 0.3 is 5.97 Å². The lowest BCUT2D eigenvalue weighted by atomic mass is 10.1. The second-order valence-electron chi connectivity index (χ2n) is 7.20. The molecule has 172 valence electrons. The zero-order valence-electron chi connectivity index (χ0n) is 18.4. The highest BCUT2D eigenvalue weighted by Gasteiger charge is 2.29. The number of thioether (sulfide) groups is 1. The van der Waals surface area contributed by atoms with Gasteiger partial charge in [-0.15, -0.1) is 0 Å². The van der Waals surface area contributed by atoms with Crippen LogP contribution in [0, 0.1) is 0 Å². The molecule has 2 aromatic rings. The van der Waals surface area contributed by atoms with Gasteiger partial charge < -0.3 is 15.4 Å². The number of nitrogens with zero attached hydrogens (tertiary/aromatic N) is 1. The molecule has 1 heterocycles. The molecule has 2 aromatic carbocycles. The first kappa shape index (κ1) is 24.1. The number of carbonyl (C=O) groups is 4. The molecule has 0 radical (unpaired) electrons. The molecule has 0 aromatic heterocycles. The molecule has 1 atom stereocenters. The second kappa shape index (κ2) is 11.3. The highest BCUT2D eigenvalue weighted by molar-refractivity contribution is 8.04. The predicted molar refractivity (Wildman–Crippen MR) is 126 cm³/mol. The smallest absolute Gasteiger partial charge is 0.333 e. The number of rotatable bonds is 8. The van der Waals surface area contributed by atoms with Gasteiger partial charge in [0.15, 0.2) is 0 Å². The first-order chi connectivity index (χ1) is 15.9. The summed E-state index contributed by atoms with van der Waals surface area (Å²) in [6.07, 6.45) is 1.21. The van der Waals surface area contributed by atoms with Crippen molar-refractivity contribution < 1.29 is 23.9 Å².